The highest BCUT2D eigenvalue weighted by atomic mass is 35.5. The van der Waals surface area contributed by atoms with Crippen LogP contribution in [-0.4, -0.2) is 28.5 Å². The van der Waals surface area contributed by atoms with Crippen LogP contribution in [0.3, 0.4) is 0 Å². The van der Waals surface area contributed by atoms with Gasteiger partial charge < -0.3 is 4.74 Å². The first-order valence-electron chi connectivity index (χ1n) is 12.0. The first kappa shape index (κ1) is 26.5. The van der Waals surface area contributed by atoms with E-state index < -0.39 is 34.6 Å². The summed E-state index contributed by atoms with van der Waals surface area (Å²) in [4.78, 5) is 64.3. The van der Waals surface area contributed by atoms with E-state index in [0.717, 1.165) is 10.5 Å². The van der Waals surface area contributed by atoms with Crippen molar-refractivity contribution >= 4 is 46.5 Å². The van der Waals surface area contributed by atoms with Crippen molar-refractivity contribution in [1.82, 2.24) is 0 Å². The number of rotatable bonds is 7. The Hall–Kier alpha value is -5.15. The number of nitrogens with zero attached hydrogens (tertiary/aromatic N) is 2. The summed E-state index contributed by atoms with van der Waals surface area (Å²) < 4.78 is 5.62. The number of hydrogen-bond acceptors (Lipinski definition) is 7. The molecule has 1 heterocycles. The maximum atomic E-state index is 13.3. The molecule has 4 aromatic rings. The van der Waals surface area contributed by atoms with Crippen molar-refractivity contribution < 1.29 is 28.8 Å². The zero-order chi connectivity index (χ0) is 28.6. The number of halogens is 1. The predicted molar refractivity (Wildman–Crippen MR) is 146 cm³/mol. The molecule has 0 saturated carbocycles. The minimum absolute atomic E-state index is 0.00239. The molecule has 0 saturated heterocycles. The lowest BCUT2D eigenvalue weighted by molar-refractivity contribution is -0.384. The normalized spacial score (nSPS) is 13.1. The number of imide groups is 1. The van der Waals surface area contributed by atoms with E-state index in [2.05, 4.69) is 0 Å². The lowest BCUT2D eigenvalue weighted by Crippen LogP contribution is -2.29. The van der Waals surface area contributed by atoms with E-state index in [0.29, 0.717) is 5.02 Å². The van der Waals surface area contributed by atoms with Crippen LogP contribution < -0.4 is 4.90 Å². The van der Waals surface area contributed by atoms with Crippen LogP contribution in [0.2, 0.25) is 5.02 Å². The van der Waals surface area contributed by atoms with Gasteiger partial charge in [-0.15, -0.1) is 0 Å². The molecule has 0 N–H and O–H groups in total. The number of nitro benzene ring substituents is 1. The highest BCUT2D eigenvalue weighted by Crippen LogP contribution is 2.32. The molecule has 0 spiro atoms. The van der Waals surface area contributed by atoms with Crippen LogP contribution in [0, 0.1) is 17.0 Å². The number of non-ortho nitro benzene ring substituents is 1. The van der Waals surface area contributed by atoms with E-state index in [9.17, 15) is 29.3 Å². The Balaban J connectivity index is 1.46. The quantitative estimate of drug-likeness (QED) is 0.0883. The fourth-order valence-corrected chi connectivity index (χ4v) is 4.47. The number of Topliss-reactive ketones (excluding diaryl/α,β-unsaturated/α-hetero) is 1. The van der Waals surface area contributed by atoms with Gasteiger partial charge in [-0.2, -0.15) is 0 Å². The summed E-state index contributed by atoms with van der Waals surface area (Å²) in [6.07, 6.45) is -1.42. The van der Waals surface area contributed by atoms with Crippen LogP contribution in [0.25, 0.3) is 0 Å². The molecule has 40 heavy (non-hydrogen) atoms. The van der Waals surface area contributed by atoms with Gasteiger partial charge in [0, 0.05) is 28.3 Å². The van der Waals surface area contributed by atoms with Gasteiger partial charge in [-0.25, -0.2) is 9.69 Å². The number of esters is 1. The third-order valence-electron chi connectivity index (χ3n) is 6.46. The fourth-order valence-electron chi connectivity index (χ4n) is 4.30. The lowest BCUT2D eigenvalue weighted by atomic mass is 9.99. The monoisotopic (exact) mass is 554 g/mol. The van der Waals surface area contributed by atoms with Gasteiger partial charge in [0.2, 0.25) is 5.78 Å². The van der Waals surface area contributed by atoms with Crippen molar-refractivity contribution in [3.63, 3.8) is 0 Å². The second-order valence-electron chi connectivity index (χ2n) is 9.00. The lowest BCUT2D eigenvalue weighted by Gasteiger charge is -2.18. The van der Waals surface area contributed by atoms with Crippen molar-refractivity contribution in [2.45, 2.75) is 13.0 Å². The third kappa shape index (κ3) is 4.85. The summed E-state index contributed by atoms with van der Waals surface area (Å²) in [7, 11) is 0. The Morgan fingerprint density at radius 2 is 1.52 bits per heavy atom. The molecular weight excluding hydrogens is 536 g/mol. The Morgan fingerprint density at radius 3 is 2.17 bits per heavy atom. The number of anilines is 1. The van der Waals surface area contributed by atoms with Crippen LogP contribution >= 0.6 is 11.6 Å². The summed E-state index contributed by atoms with van der Waals surface area (Å²) in [6.45, 7) is 1.79. The highest BCUT2D eigenvalue weighted by Gasteiger charge is 2.38. The summed E-state index contributed by atoms with van der Waals surface area (Å²) in [5.41, 5.74) is 1.40. The van der Waals surface area contributed by atoms with E-state index in [-0.39, 0.29) is 39.2 Å². The molecule has 5 rings (SSSR count). The zero-order valence-corrected chi connectivity index (χ0v) is 21.6. The van der Waals surface area contributed by atoms with Crippen molar-refractivity contribution in [3.05, 3.63) is 140 Å². The minimum atomic E-state index is -1.42. The number of nitro groups is 1. The van der Waals surface area contributed by atoms with Gasteiger partial charge in [-0.3, -0.25) is 24.5 Å². The van der Waals surface area contributed by atoms with Crippen molar-refractivity contribution in [3.8, 4) is 0 Å². The maximum Gasteiger partial charge on any atom is 0.339 e. The van der Waals surface area contributed by atoms with Crippen LogP contribution in [0.4, 0.5) is 11.4 Å². The number of amides is 2. The van der Waals surface area contributed by atoms with Crippen molar-refractivity contribution in [2.24, 2.45) is 0 Å². The number of ether oxygens (including phenoxy) is 1. The molecule has 0 unspecified atom stereocenters. The molecule has 0 bridgehead atoms. The average molecular weight is 555 g/mol. The Morgan fingerprint density at radius 1 is 0.850 bits per heavy atom. The molecule has 1 aliphatic rings. The largest absolute Gasteiger partial charge is 0.445 e. The summed E-state index contributed by atoms with van der Waals surface area (Å²) in [6, 6.07) is 22.0. The number of fused-ring (bicyclic) bond motifs is 1. The minimum Gasteiger partial charge on any atom is -0.445 e. The molecule has 9 nitrogen and oxygen atoms in total. The topological polar surface area (TPSA) is 124 Å². The van der Waals surface area contributed by atoms with E-state index >= 15 is 0 Å². The first-order valence-corrected chi connectivity index (χ1v) is 12.4. The SMILES string of the molecule is Cc1ccc(N2C(=O)c3ccc(C(=O)O[C@@H](C(=O)c4ccccc4)c4ccc([N+](=O)[O-])cc4)cc3C2=O)cc1Cl. The first-order chi connectivity index (χ1) is 19.2. The molecule has 0 aliphatic carbocycles. The van der Waals surface area contributed by atoms with Gasteiger partial charge in [0.1, 0.15) is 0 Å². The van der Waals surface area contributed by atoms with Crippen LogP contribution in [-0.2, 0) is 4.74 Å². The number of carbonyl (C=O) groups is 4. The predicted octanol–water partition coefficient (Wildman–Crippen LogP) is 6.14. The maximum absolute atomic E-state index is 13.3. The molecule has 0 fully saturated rings. The smallest absolute Gasteiger partial charge is 0.339 e. The number of benzene rings is 4. The van der Waals surface area contributed by atoms with Gasteiger partial charge in [-0.1, -0.05) is 48.0 Å². The van der Waals surface area contributed by atoms with E-state index in [1.54, 1.807) is 49.4 Å². The molecule has 10 heteroatoms. The van der Waals surface area contributed by atoms with E-state index in [1.165, 1.54) is 48.5 Å². The summed E-state index contributed by atoms with van der Waals surface area (Å²) >= 11 is 6.19. The van der Waals surface area contributed by atoms with Gasteiger partial charge in [0.25, 0.3) is 17.5 Å². The van der Waals surface area contributed by atoms with Crippen molar-refractivity contribution in [2.75, 3.05) is 4.90 Å². The molecule has 1 aliphatic heterocycles. The zero-order valence-electron chi connectivity index (χ0n) is 20.9. The van der Waals surface area contributed by atoms with Crippen molar-refractivity contribution in [1.29, 1.82) is 0 Å². The summed E-state index contributed by atoms with van der Waals surface area (Å²) in [5.74, 6) is -2.67. The fraction of sp³-hybridized carbons (Fsp3) is 0.0667. The average Bonchev–Trinajstić information content (AvgIpc) is 3.22. The van der Waals surface area contributed by atoms with Gasteiger partial charge >= 0.3 is 5.97 Å². The van der Waals surface area contributed by atoms with Gasteiger partial charge in [0.15, 0.2) is 6.10 Å². The second-order valence-corrected chi connectivity index (χ2v) is 9.41. The number of hydrogen-bond donors (Lipinski definition) is 0. The Labute approximate surface area is 232 Å². The highest BCUT2D eigenvalue weighted by molar-refractivity contribution is 6.36. The Bertz CT molecular complexity index is 1700. The number of ketones is 1. The molecule has 198 valence electrons. The second kappa shape index (κ2) is 10.5. The molecule has 1 atom stereocenters. The van der Waals surface area contributed by atoms with E-state index in [4.69, 9.17) is 16.3 Å². The molecule has 4 aromatic carbocycles. The number of carbonyl (C=O) groups excluding carboxylic acids is 4. The van der Waals surface area contributed by atoms with Gasteiger partial charge in [0.05, 0.1) is 27.3 Å². The van der Waals surface area contributed by atoms with Gasteiger partial charge in [-0.05, 0) is 55.0 Å². The van der Waals surface area contributed by atoms with Crippen LogP contribution in [0.1, 0.15) is 58.7 Å². The van der Waals surface area contributed by atoms with E-state index in [1.807, 2.05) is 0 Å². The third-order valence-corrected chi connectivity index (χ3v) is 6.87. The van der Waals surface area contributed by atoms with Crippen LogP contribution in [0.5, 0.6) is 0 Å². The molecule has 0 aromatic heterocycles. The molecule has 0 radical (unpaired) electrons. The molecular formula is C30H19ClN2O7. The Kier molecular flexibility index (Phi) is 6.98. The van der Waals surface area contributed by atoms with Crippen LogP contribution in [0.15, 0.2) is 91.0 Å². The summed E-state index contributed by atoms with van der Waals surface area (Å²) in [5, 5.41) is 11.5. The standard InChI is InChI=1S/C30H19ClN2O7/c1-17-7-11-22(16-25(17)31)32-28(35)23-14-10-20(15-24(23)29(32)36)30(37)40-27(26(34)18-5-3-2-4-6-18)19-8-12-21(13-9-19)33(38)39/h2-16,27H,1H3/t27-/m1/s1. The molecule has 2 amide bonds. The number of aryl methyl sites for hydroxylation is 1.